The Labute approximate surface area is 96.4 Å². The van der Waals surface area contributed by atoms with Crippen LogP contribution in [0.5, 0.6) is 0 Å². The molecule has 0 spiro atoms. The van der Waals surface area contributed by atoms with Crippen molar-refractivity contribution in [2.45, 2.75) is 32.2 Å². The molecule has 1 N–H and O–H groups in total. The molecule has 0 aliphatic carbocycles. The summed E-state index contributed by atoms with van der Waals surface area (Å²) in [5.41, 5.74) is 0. The van der Waals surface area contributed by atoms with Gasteiger partial charge >= 0.3 is 5.97 Å². The molecule has 0 fully saturated rings. The molecule has 0 radical (unpaired) electrons. The first-order chi connectivity index (χ1) is 6.65. The van der Waals surface area contributed by atoms with Crippen LogP contribution >= 0.6 is 22.6 Å². The summed E-state index contributed by atoms with van der Waals surface area (Å²) in [6.45, 7) is 2.05. The van der Waals surface area contributed by atoms with Gasteiger partial charge in [0.25, 0.3) is 0 Å². The van der Waals surface area contributed by atoms with Crippen molar-refractivity contribution in [3.63, 3.8) is 0 Å². The normalized spacial score (nSPS) is 12.7. The van der Waals surface area contributed by atoms with Crippen LogP contribution in [0.3, 0.4) is 0 Å². The molecule has 0 bridgehead atoms. The summed E-state index contributed by atoms with van der Waals surface area (Å²) < 4.78 is 2.49. The molecule has 14 heavy (non-hydrogen) atoms. The monoisotopic (exact) mass is 308 g/mol. The van der Waals surface area contributed by atoms with Gasteiger partial charge in [-0.25, -0.2) is 4.79 Å². The first-order valence-electron chi connectivity index (χ1n) is 4.57. The molecule has 1 unspecified atom stereocenters. The summed E-state index contributed by atoms with van der Waals surface area (Å²) in [6.07, 6.45) is 5.98. The summed E-state index contributed by atoms with van der Waals surface area (Å²) in [7, 11) is 0. The highest BCUT2D eigenvalue weighted by Crippen LogP contribution is 2.16. The van der Waals surface area contributed by atoms with Crippen LogP contribution in [0, 0.1) is 3.57 Å². The molecular weight excluding hydrogens is 295 g/mol. The topological polar surface area (TPSA) is 55.1 Å². The highest BCUT2D eigenvalue weighted by molar-refractivity contribution is 14.1. The third kappa shape index (κ3) is 2.97. The first kappa shape index (κ1) is 11.5. The van der Waals surface area contributed by atoms with Crippen molar-refractivity contribution >= 4 is 28.6 Å². The zero-order valence-electron chi connectivity index (χ0n) is 7.98. The standard InChI is InChI=1S/C9H13IN2O2/c1-2-3-4-8(9(13)14)12-6-7(10)5-11-12/h5-6,8H,2-4H2,1H3,(H,13,14). The summed E-state index contributed by atoms with van der Waals surface area (Å²) >= 11 is 2.12. The van der Waals surface area contributed by atoms with Gasteiger partial charge in [-0.1, -0.05) is 19.8 Å². The van der Waals surface area contributed by atoms with Crippen molar-refractivity contribution in [3.05, 3.63) is 16.0 Å². The average Bonchev–Trinajstić information content (AvgIpc) is 2.52. The van der Waals surface area contributed by atoms with Crippen LogP contribution in [0.1, 0.15) is 32.2 Å². The maximum Gasteiger partial charge on any atom is 0.328 e. The van der Waals surface area contributed by atoms with Crippen molar-refractivity contribution in [1.29, 1.82) is 0 Å². The Hall–Kier alpha value is -0.590. The minimum Gasteiger partial charge on any atom is -0.480 e. The maximum absolute atomic E-state index is 11.0. The molecule has 1 heterocycles. The third-order valence-electron chi connectivity index (χ3n) is 2.01. The van der Waals surface area contributed by atoms with E-state index in [4.69, 9.17) is 5.11 Å². The summed E-state index contributed by atoms with van der Waals surface area (Å²) in [5, 5.41) is 13.0. The number of carbonyl (C=O) groups is 1. The molecule has 0 aromatic carbocycles. The van der Waals surface area contributed by atoms with E-state index in [0.717, 1.165) is 16.4 Å². The molecule has 0 aliphatic rings. The maximum atomic E-state index is 11.0. The van der Waals surface area contributed by atoms with E-state index in [2.05, 4.69) is 27.7 Å². The van der Waals surface area contributed by atoms with Gasteiger partial charge in [0, 0.05) is 6.20 Å². The Balaban J connectivity index is 2.72. The Morgan fingerprint density at radius 3 is 2.93 bits per heavy atom. The quantitative estimate of drug-likeness (QED) is 0.849. The van der Waals surface area contributed by atoms with Crippen LogP contribution in [0.2, 0.25) is 0 Å². The van der Waals surface area contributed by atoms with Gasteiger partial charge in [-0.2, -0.15) is 5.10 Å². The van der Waals surface area contributed by atoms with E-state index >= 15 is 0 Å². The van der Waals surface area contributed by atoms with Crippen LogP contribution in [-0.4, -0.2) is 20.9 Å². The highest BCUT2D eigenvalue weighted by Gasteiger charge is 2.19. The number of aromatic nitrogens is 2. The zero-order valence-corrected chi connectivity index (χ0v) is 10.1. The number of aliphatic carboxylic acids is 1. The molecule has 0 saturated carbocycles. The smallest absolute Gasteiger partial charge is 0.328 e. The Kier molecular flexibility index (Phi) is 4.37. The number of hydrogen-bond acceptors (Lipinski definition) is 2. The summed E-state index contributed by atoms with van der Waals surface area (Å²) in [6, 6.07) is -0.515. The van der Waals surface area contributed by atoms with Gasteiger partial charge in [-0.3, -0.25) is 4.68 Å². The van der Waals surface area contributed by atoms with Crippen molar-refractivity contribution in [1.82, 2.24) is 9.78 Å². The number of carboxylic acids is 1. The van der Waals surface area contributed by atoms with Gasteiger partial charge < -0.3 is 5.11 Å². The van der Waals surface area contributed by atoms with Crippen molar-refractivity contribution in [3.8, 4) is 0 Å². The first-order valence-corrected chi connectivity index (χ1v) is 5.65. The highest BCUT2D eigenvalue weighted by atomic mass is 127. The second kappa shape index (κ2) is 5.33. The second-order valence-corrected chi connectivity index (χ2v) is 4.38. The number of hydrogen-bond donors (Lipinski definition) is 1. The third-order valence-corrected chi connectivity index (χ3v) is 2.56. The molecule has 78 valence electrons. The van der Waals surface area contributed by atoms with Gasteiger partial charge in [-0.05, 0) is 29.0 Å². The van der Waals surface area contributed by atoms with E-state index in [1.807, 2.05) is 6.92 Å². The van der Waals surface area contributed by atoms with Crippen LogP contribution in [-0.2, 0) is 4.79 Å². The molecule has 0 amide bonds. The van der Waals surface area contributed by atoms with Crippen LogP contribution < -0.4 is 0 Å². The second-order valence-electron chi connectivity index (χ2n) is 3.13. The molecule has 4 nitrogen and oxygen atoms in total. The van der Waals surface area contributed by atoms with Gasteiger partial charge in [0.05, 0.1) is 9.77 Å². The molecule has 1 aromatic heterocycles. The van der Waals surface area contributed by atoms with E-state index in [1.165, 1.54) is 4.68 Å². The minimum atomic E-state index is -0.807. The van der Waals surface area contributed by atoms with Crippen LogP contribution in [0.25, 0.3) is 0 Å². The minimum absolute atomic E-state index is 0.515. The fraction of sp³-hybridized carbons (Fsp3) is 0.556. The van der Waals surface area contributed by atoms with E-state index in [1.54, 1.807) is 12.4 Å². The number of nitrogens with zero attached hydrogens (tertiary/aromatic N) is 2. The van der Waals surface area contributed by atoms with Gasteiger partial charge in [0.2, 0.25) is 0 Å². The molecule has 1 aromatic rings. The van der Waals surface area contributed by atoms with E-state index in [-0.39, 0.29) is 0 Å². The van der Waals surface area contributed by atoms with Crippen molar-refractivity contribution in [2.24, 2.45) is 0 Å². The molecule has 0 saturated heterocycles. The predicted octanol–water partition coefficient (Wildman–Crippen LogP) is 2.30. The van der Waals surface area contributed by atoms with E-state index in [9.17, 15) is 4.79 Å². The SMILES string of the molecule is CCCCC(C(=O)O)n1cc(I)cn1. The fourth-order valence-corrected chi connectivity index (χ4v) is 1.66. The van der Waals surface area contributed by atoms with Crippen molar-refractivity contribution in [2.75, 3.05) is 0 Å². The Bertz CT molecular complexity index is 312. The zero-order chi connectivity index (χ0) is 10.6. The average molecular weight is 308 g/mol. The van der Waals surface area contributed by atoms with Gasteiger partial charge in [0.1, 0.15) is 6.04 Å². The molecule has 0 aliphatic heterocycles. The van der Waals surface area contributed by atoms with Gasteiger partial charge in [0.15, 0.2) is 0 Å². The number of carboxylic acid groups (broad SMARTS) is 1. The van der Waals surface area contributed by atoms with Gasteiger partial charge in [-0.15, -0.1) is 0 Å². The van der Waals surface area contributed by atoms with Crippen LogP contribution in [0.4, 0.5) is 0 Å². The van der Waals surface area contributed by atoms with Crippen molar-refractivity contribution < 1.29 is 9.90 Å². The predicted molar refractivity (Wildman–Crippen MR) is 61.1 cm³/mol. The lowest BCUT2D eigenvalue weighted by Crippen LogP contribution is -2.19. The Morgan fingerprint density at radius 1 is 1.79 bits per heavy atom. The number of rotatable bonds is 5. The lowest BCUT2D eigenvalue weighted by Gasteiger charge is -2.11. The molecule has 5 heteroatoms. The Morgan fingerprint density at radius 2 is 2.50 bits per heavy atom. The van der Waals surface area contributed by atoms with E-state index < -0.39 is 12.0 Å². The van der Waals surface area contributed by atoms with E-state index in [0.29, 0.717) is 6.42 Å². The fourth-order valence-electron chi connectivity index (χ4n) is 1.25. The molecular formula is C9H13IN2O2. The summed E-state index contributed by atoms with van der Waals surface area (Å²) in [4.78, 5) is 11.0. The molecule has 1 atom stereocenters. The lowest BCUT2D eigenvalue weighted by atomic mass is 10.1. The largest absolute Gasteiger partial charge is 0.480 e. The number of unbranched alkanes of at least 4 members (excludes halogenated alkanes) is 1. The van der Waals surface area contributed by atoms with Crippen LogP contribution in [0.15, 0.2) is 12.4 Å². The lowest BCUT2D eigenvalue weighted by molar-refractivity contribution is -0.141. The number of halogens is 1. The molecule has 1 rings (SSSR count). The summed E-state index contributed by atoms with van der Waals surface area (Å²) in [5.74, 6) is -0.807.